The Morgan fingerprint density at radius 2 is 2.41 bits per heavy atom. The summed E-state index contributed by atoms with van der Waals surface area (Å²) < 4.78 is 7.77. The molecule has 1 aliphatic heterocycles. The lowest BCUT2D eigenvalue weighted by Gasteiger charge is -2.33. The highest BCUT2D eigenvalue weighted by Crippen LogP contribution is 2.29. The van der Waals surface area contributed by atoms with E-state index >= 15 is 0 Å². The summed E-state index contributed by atoms with van der Waals surface area (Å²) in [5.41, 5.74) is 0.448. The van der Waals surface area contributed by atoms with Gasteiger partial charge in [-0.05, 0) is 13.0 Å². The van der Waals surface area contributed by atoms with Crippen molar-refractivity contribution in [3.63, 3.8) is 0 Å². The summed E-state index contributed by atoms with van der Waals surface area (Å²) in [6.07, 6.45) is 3.05. The lowest BCUT2D eigenvalue weighted by atomic mass is 10.2. The molecule has 2 aromatic heterocycles. The Morgan fingerprint density at radius 3 is 3.14 bits per heavy atom. The zero-order valence-corrected chi connectivity index (χ0v) is 12.9. The van der Waals surface area contributed by atoms with Crippen LogP contribution in [0.25, 0.3) is 0 Å². The molecule has 7 nitrogen and oxygen atoms in total. The van der Waals surface area contributed by atoms with Crippen LogP contribution in [0.5, 0.6) is 0 Å². The summed E-state index contributed by atoms with van der Waals surface area (Å²) in [6.45, 7) is 4.66. The van der Waals surface area contributed by atoms with Crippen LogP contribution in [0.1, 0.15) is 24.4 Å². The molecule has 114 valence electrons. The second-order valence-corrected chi connectivity index (χ2v) is 5.33. The monoisotopic (exact) mass is 318 g/mol. The molecule has 1 atom stereocenters. The minimum Gasteiger partial charge on any atom is -0.366 e. The Balaban J connectivity index is 1.83. The molecule has 22 heavy (non-hydrogen) atoms. The number of nitrogens with zero attached hydrogens (tertiary/aromatic N) is 6. The third kappa shape index (κ3) is 2.75. The van der Waals surface area contributed by atoms with Crippen molar-refractivity contribution in [1.82, 2.24) is 19.7 Å². The van der Waals surface area contributed by atoms with Crippen molar-refractivity contribution in [2.75, 3.05) is 24.6 Å². The summed E-state index contributed by atoms with van der Waals surface area (Å²) in [5.74, 6) is 1.47. The second-order valence-electron chi connectivity index (χ2n) is 4.92. The van der Waals surface area contributed by atoms with Crippen LogP contribution in [0.15, 0.2) is 18.6 Å². The molecule has 0 aromatic carbocycles. The molecule has 0 N–H and O–H groups in total. The van der Waals surface area contributed by atoms with E-state index in [1.807, 2.05) is 22.5 Å². The van der Waals surface area contributed by atoms with Gasteiger partial charge in [-0.25, -0.2) is 4.98 Å². The van der Waals surface area contributed by atoms with Crippen molar-refractivity contribution in [2.45, 2.75) is 19.6 Å². The molecule has 0 spiro atoms. The van der Waals surface area contributed by atoms with Gasteiger partial charge in [0.1, 0.15) is 24.3 Å². The second kappa shape index (κ2) is 6.30. The number of nitriles is 1. The van der Waals surface area contributed by atoms with Crippen LogP contribution in [0, 0.1) is 11.3 Å². The van der Waals surface area contributed by atoms with Crippen LogP contribution in [0.3, 0.4) is 0 Å². The molecule has 0 aliphatic carbocycles. The first-order valence-electron chi connectivity index (χ1n) is 7.02. The summed E-state index contributed by atoms with van der Waals surface area (Å²) in [6, 6.07) is 3.66. The van der Waals surface area contributed by atoms with Gasteiger partial charge >= 0.3 is 0 Å². The van der Waals surface area contributed by atoms with Gasteiger partial charge in [-0.1, -0.05) is 11.6 Å². The van der Waals surface area contributed by atoms with Gasteiger partial charge in [0, 0.05) is 19.3 Å². The number of aryl methyl sites for hydroxylation is 1. The molecule has 0 radical (unpaired) electrons. The quantitative estimate of drug-likeness (QED) is 0.858. The van der Waals surface area contributed by atoms with Crippen molar-refractivity contribution >= 4 is 17.4 Å². The van der Waals surface area contributed by atoms with E-state index < -0.39 is 0 Å². The molecule has 0 bridgehead atoms. The van der Waals surface area contributed by atoms with E-state index in [2.05, 4.69) is 15.2 Å². The smallest absolute Gasteiger partial charge is 0.163 e. The maximum absolute atomic E-state index is 8.89. The molecule has 3 rings (SSSR count). The number of rotatable bonds is 3. The minimum absolute atomic E-state index is 0.176. The van der Waals surface area contributed by atoms with Gasteiger partial charge in [0.05, 0.1) is 23.7 Å². The topological polar surface area (TPSA) is 79.9 Å². The Labute approximate surface area is 133 Å². The van der Waals surface area contributed by atoms with E-state index in [1.54, 1.807) is 12.4 Å². The molecule has 1 unspecified atom stereocenters. The normalized spacial score (nSPS) is 18.2. The molecule has 3 heterocycles. The first-order valence-corrected chi connectivity index (χ1v) is 7.40. The number of halogens is 1. The standard InChI is InChI=1S/C14H15ClN6O/c1-2-20-9-18-19-14(20)12-8-21(3-4-22-12)13-11(15)5-10(6-16)7-17-13/h5,7,9,12H,2-4,8H2,1H3. The fourth-order valence-corrected chi connectivity index (χ4v) is 2.77. The first-order chi connectivity index (χ1) is 10.7. The largest absolute Gasteiger partial charge is 0.366 e. The third-order valence-electron chi connectivity index (χ3n) is 3.59. The van der Waals surface area contributed by atoms with Gasteiger partial charge in [-0.3, -0.25) is 0 Å². The average molecular weight is 319 g/mol. The lowest BCUT2D eigenvalue weighted by Crippen LogP contribution is -2.40. The Kier molecular flexibility index (Phi) is 4.22. The average Bonchev–Trinajstić information content (AvgIpc) is 3.03. The summed E-state index contributed by atoms with van der Waals surface area (Å²) >= 11 is 6.24. The van der Waals surface area contributed by atoms with Crippen molar-refractivity contribution in [2.24, 2.45) is 0 Å². The number of hydrogen-bond donors (Lipinski definition) is 0. The highest BCUT2D eigenvalue weighted by atomic mass is 35.5. The minimum atomic E-state index is -0.176. The Morgan fingerprint density at radius 1 is 1.55 bits per heavy atom. The van der Waals surface area contributed by atoms with E-state index in [4.69, 9.17) is 21.6 Å². The van der Waals surface area contributed by atoms with E-state index in [0.29, 0.717) is 36.1 Å². The third-order valence-corrected chi connectivity index (χ3v) is 3.87. The molecular weight excluding hydrogens is 304 g/mol. The van der Waals surface area contributed by atoms with E-state index in [-0.39, 0.29) is 6.10 Å². The van der Waals surface area contributed by atoms with Crippen molar-refractivity contribution in [1.29, 1.82) is 5.26 Å². The fraction of sp³-hybridized carbons (Fsp3) is 0.429. The first kappa shape index (κ1) is 14.8. The number of hydrogen-bond acceptors (Lipinski definition) is 6. The summed E-state index contributed by atoms with van der Waals surface area (Å²) in [5, 5.41) is 17.5. The molecule has 1 aliphatic rings. The van der Waals surface area contributed by atoms with E-state index in [9.17, 15) is 0 Å². The van der Waals surface area contributed by atoms with Crippen molar-refractivity contribution in [3.8, 4) is 6.07 Å². The van der Waals surface area contributed by atoms with Gasteiger partial charge in [0.25, 0.3) is 0 Å². The van der Waals surface area contributed by atoms with E-state index in [1.165, 1.54) is 6.20 Å². The predicted molar refractivity (Wildman–Crippen MR) is 80.6 cm³/mol. The SMILES string of the molecule is CCn1cnnc1C1CN(c2ncc(C#N)cc2Cl)CCO1. The van der Waals surface area contributed by atoms with E-state index in [0.717, 1.165) is 12.4 Å². The summed E-state index contributed by atoms with van der Waals surface area (Å²) in [7, 11) is 0. The van der Waals surface area contributed by atoms with Crippen LogP contribution >= 0.6 is 11.6 Å². The van der Waals surface area contributed by atoms with Crippen LogP contribution in [-0.2, 0) is 11.3 Å². The van der Waals surface area contributed by atoms with Crippen LogP contribution in [0.2, 0.25) is 5.02 Å². The maximum atomic E-state index is 8.89. The van der Waals surface area contributed by atoms with Crippen LogP contribution < -0.4 is 4.90 Å². The van der Waals surface area contributed by atoms with Gasteiger partial charge in [0.15, 0.2) is 5.82 Å². The fourth-order valence-electron chi connectivity index (χ4n) is 2.48. The maximum Gasteiger partial charge on any atom is 0.163 e. The van der Waals surface area contributed by atoms with Gasteiger partial charge in [-0.15, -0.1) is 10.2 Å². The molecular formula is C14H15ClN6O. The molecule has 1 fully saturated rings. The number of aromatic nitrogens is 4. The number of ether oxygens (including phenoxy) is 1. The Bertz CT molecular complexity index is 710. The molecule has 1 saturated heterocycles. The number of anilines is 1. The number of pyridine rings is 1. The van der Waals surface area contributed by atoms with Gasteiger partial charge in [0.2, 0.25) is 0 Å². The predicted octanol–water partition coefficient (Wildman–Crippen LogP) is 1.80. The van der Waals surface area contributed by atoms with Crippen LogP contribution in [-0.4, -0.2) is 39.4 Å². The van der Waals surface area contributed by atoms with Crippen LogP contribution in [0.4, 0.5) is 5.82 Å². The van der Waals surface area contributed by atoms with Gasteiger partial charge < -0.3 is 14.2 Å². The lowest BCUT2D eigenvalue weighted by molar-refractivity contribution is 0.0314. The van der Waals surface area contributed by atoms with Crippen molar-refractivity contribution in [3.05, 3.63) is 35.0 Å². The van der Waals surface area contributed by atoms with Crippen molar-refractivity contribution < 1.29 is 4.74 Å². The zero-order valence-electron chi connectivity index (χ0n) is 12.1. The van der Waals surface area contributed by atoms with Gasteiger partial charge in [-0.2, -0.15) is 5.26 Å². The molecule has 0 saturated carbocycles. The highest BCUT2D eigenvalue weighted by Gasteiger charge is 2.27. The number of morpholine rings is 1. The highest BCUT2D eigenvalue weighted by molar-refractivity contribution is 6.33. The zero-order chi connectivity index (χ0) is 15.5. The Hall–Kier alpha value is -2.17. The molecule has 0 amide bonds. The summed E-state index contributed by atoms with van der Waals surface area (Å²) in [4.78, 5) is 6.35. The molecule has 8 heteroatoms. The molecule has 2 aromatic rings.